The van der Waals surface area contributed by atoms with Crippen LogP contribution in [0.15, 0.2) is 84.9 Å². The van der Waals surface area contributed by atoms with Crippen LogP contribution in [0.1, 0.15) is 41.3 Å². The van der Waals surface area contributed by atoms with E-state index in [2.05, 4.69) is 65.5 Å². The Balaban J connectivity index is 1.33. The van der Waals surface area contributed by atoms with E-state index in [0.717, 1.165) is 35.3 Å². The lowest BCUT2D eigenvalue weighted by atomic mass is 9.67. The Labute approximate surface area is 223 Å². The van der Waals surface area contributed by atoms with Crippen molar-refractivity contribution in [1.82, 2.24) is 9.88 Å². The Bertz CT molecular complexity index is 1420. The Morgan fingerprint density at radius 1 is 0.868 bits per heavy atom. The zero-order valence-electron chi connectivity index (χ0n) is 21.9. The van der Waals surface area contributed by atoms with Gasteiger partial charge in [-0.1, -0.05) is 78.9 Å². The van der Waals surface area contributed by atoms with Crippen LogP contribution in [0.3, 0.4) is 0 Å². The van der Waals surface area contributed by atoms with Gasteiger partial charge in [-0.3, -0.25) is 9.69 Å². The van der Waals surface area contributed by atoms with Crippen LogP contribution in [0, 0.1) is 11.3 Å². The van der Waals surface area contributed by atoms with Gasteiger partial charge in [-0.15, -0.1) is 0 Å². The van der Waals surface area contributed by atoms with Gasteiger partial charge in [-0.25, -0.2) is 0 Å². The molecule has 2 aliphatic carbocycles. The second-order valence-electron chi connectivity index (χ2n) is 11.7. The molecule has 3 atom stereocenters. The number of H-pyrrole nitrogens is 1. The Hall–Kier alpha value is -3.25. The highest BCUT2D eigenvalue weighted by molar-refractivity contribution is 5.91. The predicted molar refractivity (Wildman–Crippen MR) is 148 cm³/mol. The van der Waals surface area contributed by atoms with Gasteiger partial charge < -0.3 is 14.5 Å². The first-order chi connectivity index (χ1) is 18.6. The zero-order chi connectivity index (χ0) is 25.7. The molecule has 5 heteroatoms. The van der Waals surface area contributed by atoms with Crippen molar-refractivity contribution in [3.63, 3.8) is 0 Å². The molecular formula is C33H34N2O3. The first-order valence-corrected chi connectivity index (χ1v) is 13.7. The van der Waals surface area contributed by atoms with Crippen molar-refractivity contribution in [3.05, 3.63) is 107 Å². The predicted octanol–water partition coefficient (Wildman–Crippen LogP) is 5.80. The highest BCUT2D eigenvalue weighted by Gasteiger charge is 2.66. The largest absolute Gasteiger partial charge is 0.376 e. The van der Waals surface area contributed by atoms with Gasteiger partial charge >= 0.3 is 0 Å². The van der Waals surface area contributed by atoms with Crippen molar-refractivity contribution in [2.24, 2.45) is 11.3 Å². The van der Waals surface area contributed by atoms with Gasteiger partial charge in [-0.05, 0) is 36.2 Å². The average molecular weight is 507 g/mol. The number of aromatic amines is 1. The summed E-state index contributed by atoms with van der Waals surface area (Å²) in [6.45, 7) is 2.84. The lowest BCUT2D eigenvalue weighted by Crippen LogP contribution is -2.55. The van der Waals surface area contributed by atoms with Gasteiger partial charge in [0.25, 0.3) is 0 Å². The number of rotatable bonds is 8. The van der Waals surface area contributed by atoms with Crippen LogP contribution >= 0.6 is 0 Å². The third-order valence-electron chi connectivity index (χ3n) is 9.24. The molecule has 2 bridgehead atoms. The quantitative estimate of drug-likeness (QED) is 0.328. The third-order valence-corrected chi connectivity index (χ3v) is 9.24. The molecule has 1 N–H and O–H groups in total. The molecule has 1 spiro atoms. The smallest absolute Gasteiger partial charge is 0.137 e. The topological polar surface area (TPSA) is 54.6 Å². The summed E-state index contributed by atoms with van der Waals surface area (Å²) in [5, 5.41) is 1.26. The molecule has 0 amide bonds. The SMILES string of the molecule is CN1CC23CC(=O)C(C2)C(COCc2ccccc2)(COCc2ccccc2)c2[nH]c4ccccc4c2C13. The molecule has 3 aromatic carbocycles. The van der Waals surface area contributed by atoms with Gasteiger partial charge in [0, 0.05) is 46.9 Å². The number of ether oxygens (including phenoxy) is 2. The van der Waals surface area contributed by atoms with E-state index in [9.17, 15) is 4.79 Å². The fourth-order valence-electron chi connectivity index (χ4n) is 7.70. The second-order valence-corrected chi connectivity index (χ2v) is 11.7. The summed E-state index contributed by atoms with van der Waals surface area (Å²) in [4.78, 5) is 20.1. The number of fused-ring (bicyclic) bond motifs is 5. The zero-order valence-corrected chi connectivity index (χ0v) is 21.9. The van der Waals surface area contributed by atoms with Crippen LogP contribution in [0.4, 0.5) is 0 Å². The maximum atomic E-state index is 13.9. The summed E-state index contributed by atoms with van der Waals surface area (Å²) < 4.78 is 13.0. The Morgan fingerprint density at radius 2 is 1.47 bits per heavy atom. The monoisotopic (exact) mass is 506 g/mol. The van der Waals surface area contributed by atoms with E-state index < -0.39 is 5.41 Å². The summed E-state index contributed by atoms with van der Waals surface area (Å²) in [5.41, 5.74) is 5.28. The fraction of sp³-hybridized carbons (Fsp3) is 0.364. The molecule has 2 fully saturated rings. The summed E-state index contributed by atoms with van der Waals surface area (Å²) in [5.74, 6) is 0.221. The number of Topliss-reactive ketones (excluding diaryl/α,β-unsaturated/α-hetero) is 1. The molecule has 2 heterocycles. The molecule has 4 aromatic rings. The van der Waals surface area contributed by atoms with Crippen LogP contribution in [-0.2, 0) is 32.9 Å². The van der Waals surface area contributed by atoms with Crippen LogP contribution in [-0.4, -0.2) is 42.5 Å². The first-order valence-electron chi connectivity index (χ1n) is 13.7. The number of carbonyl (C=O) groups excluding carboxylic acids is 1. The number of para-hydroxylation sites is 1. The van der Waals surface area contributed by atoms with Crippen molar-refractivity contribution in [1.29, 1.82) is 0 Å². The van der Waals surface area contributed by atoms with E-state index in [-0.39, 0.29) is 17.4 Å². The number of hydrogen-bond donors (Lipinski definition) is 1. The molecule has 194 valence electrons. The van der Waals surface area contributed by atoms with Crippen LogP contribution in [0.25, 0.3) is 10.9 Å². The van der Waals surface area contributed by atoms with Gasteiger partial charge in [-0.2, -0.15) is 0 Å². The van der Waals surface area contributed by atoms with E-state index in [1.54, 1.807) is 0 Å². The summed E-state index contributed by atoms with van der Waals surface area (Å²) in [6.07, 6.45) is 1.53. The van der Waals surface area contributed by atoms with Gasteiger partial charge in [0.2, 0.25) is 0 Å². The van der Waals surface area contributed by atoms with Crippen molar-refractivity contribution < 1.29 is 14.3 Å². The standard InChI is InChI=1S/C33H34N2O3/c1-35-20-32-16-26(28(36)17-32)33(21-37-18-23-10-4-2-5-11-23,22-38-19-24-12-6-3-7-13-24)30-29(31(32)35)25-14-8-9-15-27(25)34-30/h2-15,26,31,34H,16-22H2,1H3. The van der Waals surface area contributed by atoms with Gasteiger partial charge in [0.1, 0.15) is 5.78 Å². The minimum absolute atomic E-state index is 0.00315. The van der Waals surface area contributed by atoms with Crippen molar-refractivity contribution in [3.8, 4) is 0 Å². The lowest BCUT2D eigenvalue weighted by molar-refractivity contribution is -0.127. The molecule has 1 aromatic heterocycles. The maximum Gasteiger partial charge on any atom is 0.137 e. The number of hydrogen-bond acceptors (Lipinski definition) is 4. The normalized spacial score (nSPS) is 25.6. The summed E-state index contributed by atoms with van der Waals surface area (Å²) in [6, 6.07) is 29.4. The Morgan fingerprint density at radius 3 is 2.11 bits per heavy atom. The molecule has 1 aliphatic heterocycles. The molecule has 1 saturated carbocycles. The minimum Gasteiger partial charge on any atom is -0.376 e. The van der Waals surface area contributed by atoms with E-state index in [1.165, 1.54) is 10.9 Å². The van der Waals surface area contributed by atoms with Gasteiger partial charge in [0.15, 0.2) is 0 Å². The molecule has 38 heavy (non-hydrogen) atoms. The van der Waals surface area contributed by atoms with E-state index in [4.69, 9.17) is 9.47 Å². The number of carbonyl (C=O) groups is 1. The van der Waals surface area contributed by atoms with Crippen molar-refractivity contribution in [2.75, 3.05) is 26.8 Å². The molecular weight excluding hydrogens is 472 g/mol. The van der Waals surface area contributed by atoms with E-state index in [1.807, 2.05) is 36.4 Å². The summed E-state index contributed by atoms with van der Waals surface area (Å²) >= 11 is 0. The second kappa shape index (κ2) is 9.19. The number of nitrogens with one attached hydrogen (secondary N) is 1. The molecule has 5 nitrogen and oxygen atoms in total. The average Bonchev–Trinajstić information content (AvgIpc) is 3.46. The van der Waals surface area contributed by atoms with Crippen molar-refractivity contribution >= 4 is 16.7 Å². The molecule has 3 aliphatic rings. The van der Waals surface area contributed by atoms with E-state index >= 15 is 0 Å². The number of ketones is 1. The number of likely N-dealkylation sites (tertiary alicyclic amines) is 1. The van der Waals surface area contributed by atoms with Crippen molar-refractivity contribution in [2.45, 2.75) is 37.5 Å². The Kier molecular flexibility index (Phi) is 5.77. The highest BCUT2D eigenvalue weighted by Crippen LogP contribution is 2.65. The molecule has 0 radical (unpaired) electrons. The number of aromatic nitrogens is 1. The van der Waals surface area contributed by atoms with Crippen LogP contribution in [0.2, 0.25) is 0 Å². The lowest BCUT2D eigenvalue weighted by Gasteiger charge is -2.54. The number of benzene rings is 3. The van der Waals surface area contributed by atoms with Gasteiger partial charge in [0.05, 0.1) is 31.8 Å². The highest BCUT2D eigenvalue weighted by atomic mass is 16.5. The van der Waals surface area contributed by atoms with E-state index in [0.29, 0.717) is 38.6 Å². The maximum absolute atomic E-state index is 13.9. The number of nitrogens with zero attached hydrogens (tertiary/aromatic N) is 1. The molecule has 3 unspecified atom stereocenters. The minimum atomic E-state index is -0.587. The molecule has 7 rings (SSSR count). The van der Waals surface area contributed by atoms with Crippen LogP contribution in [0.5, 0.6) is 0 Å². The van der Waals surface area contributed by atoms with Crippen LogP contribution < -0.4 is 0 Å². The fourth-order valence-corrected chi connectivity index (χ4v) is 7.70. The third kappa shape index (κ3) is 3.68. The first kappa shape index (κ1) is 23.8. The summed E-state index contributed by atoms with van der Waals surface area (Å²) in [7, 11) is 2.20. The molecule has 1 saturated heterocycles.